The Morgan fingerprint density at radius 1 is 1.09 bits per heavy atom. The van der Waals surface area contributed by atoms with E-state index >= 15 is 0 Å². The van der Waals surface area contributed by atoms with Crippen LogP contribution >= 0.6 is 11.6 Å². The van der Waals surface area contributed by atoms with Gasteiger partial charge in [-0.2, -0.15) is 0 Å². The van der Waals surface area contributed by atoms with Gasteiger partial charge in [0.1, 0.15) is 17.3 Å². The van der Waals surface area contributed by atoms with Crippen molar-refractivity contribution in [3.8, 4) is 11.5 Å². The van der Waals surface area contributed by atoms with Crippen molar-refractivity contribution in [2.24, 2.45) is 0 Å². The number of nitrogens with zero attached hydrogens (tertiary/aromatic N) is 2. The molecule has 32 heavy (non-hydrogen) atoms. The molecule has 1 saturated heterocycles. The second kappa shape index (κ2) is 8.72. The van der Waals surface area contributed by atoms with Gasteiger partial charge in [0.15, 0.2) is 0 Å². The number of hydrogen-bond donors (Lipinski definition) is 2. The van der Waals surface area contributed by atoms with E-state index < -0.39 is 17.7 Å². The highest BCUT2D eigenvalue weighted by molar-refractivity contribution is 6.52. The summed E-state index contributed by atoms with van der Waals surface area (Å²) in [5, 5.41) is 21.8. The highest BCUT2D eigenvalue weighted by Gasteiger charge is 2.47. The van der Waals surface area contributed by atoms with Gasteiger partial charge in [0, 0.05) is 23.0 Å². The van der Waals surface area contributed by atoms with Crippen LogP contribution in [-0.4, -0.2) is 33.5 Å². The maximum absolute atomic E-state index is 13.1. The van der Waals surface area contributed by atoms with Gasteiger partial charge < -0.3 is 14.9 Å². The number of pyridine rings is 1. The molecule has 1 aliphatic rings. The average Bonchev–Trinajstić information content (AvgIpc) is 3.07. The standard InChI is InChI=1S/C24H19ClN2O5/c1-2-32-17-6-3-15(4-7-17)22(29)20-21(14-9-11-26-12-10-14)27(24(31)23(20)30)18-13-16(25)5-8-19(18)28/h3-13,21,28-29H,2H2,1H3/b22-20+. The van der Waals surface area contributed by atoms with Crippen molar-refractivity contribution in [2.45, 2.75) is 13.0 Å². The van der Waals surface area contributed by atoms with Crippen LogP contribution in [0, 0.1) is 0 Å². The topological polar surface area (TPSA) is 100.0 Å². The number of carbonyl (C=O) groups excluding carboxylic acids is 2. The molecule has 0 spiro atoms. The van der Waals surface area contributed by atoms with E-state index in [1.807, 2.05) is 6.92 Å². The number of aliphatic hydroxyl groups is 1. The van der Waals surface area contributed by atoms with Crippen molar-refractivity contribution < 1.29 is 24.5 Å². The van der Waals surface area contributed by atoms with Crippen molar-refractivity contribution in [3.05, 3.63) is 88.7 Å². The summed E-state index contributed by atoms with van der Waals surface area (Å²) in [5.41, 5.74) is 0.837. The van der Waals surface area contributed by atoms with Gasteiger partial charge in [-0.15, -0.1) is 0 Å². The summed E-state index contributed by atoms with van der Waals surface area (Å²) in [6, 6.07) is 13.0. The number of aromatic nitrogens is 1. The minimum absolute atomic E-state index is 0.0622. The second-order valence-electron chi connectivity index (χ2n) is 7.04. The van der Waals surface area contributed by atoms with Crippen LogP contribution in [0.3, 0.4) is 0 Å². The molecular formula is C24H19ClN2O5. The molecule has 2 N–H and O–H groups in total. The first-order chi connectivity index (χ1) is 15.4. The van der Waals surface area contributed by atoms with Gasteiger partial charge >= 0.3 is 0 Å². The first kappa shape index (κ1) is 21.4. The number of aliphatic hydroxyl groups excluding tert-OH is 1. The van der Waals surface area contributed by atoms with Crippen molar-refractivity contribution in [2.75, 3.05) is 11.5 Å². The molecule has 1 aromatic heterocycles. The van der Waals surface area contributed by atoms with E-state index in [1.165, 1.54) is 30.6 Å². The van der Waals surface area contributed by atoms with E-state index in [0.29, 0.717) is 23.5 Å². The van der Waals surface area contributed by atoms with E-state index in [0.717, 1.165) is 4.90 Å². The van der Waals surface area contributed by atoms with E-state index in [1.54, 1.807) is 36.4 Å². The molecule has 0 radical (unpaired) electrons. The first-order valence-corrected chi connectivity index (χ1v) is 10.2. The fourth-order valence-corrected chi connectivity index (χ4v) is 3.83. The molecule has 3 aromatic rings. The second-order valence-corrected chi connectivity index (χ2v) is 7.48. The maximum atomic E-state index is 13.1. The lowest BCUT2D eigenvalue weighted by Gasteiger charge is -2.26. The zero-order valence-electron chi connectivity index (χ0n) is 17.0. The smallest absolute Gasteiger partial charge is 0.300 e. The molecule has 1 unspecified atom stereocenters. The number of ether oxygens (including phenoxy) is 1. The van der Waals surface area contributed by atoms with Crippen molar-refractivity contribution in [3.63, 3.8) is 0 Å². The quantitative estimate of drug-likeness (QED) is 0.338. The third-order valence-electron chi connectivity index (χ3n) is 5.10. The molecule has 7 nitrogen and oxygen atoms in total. The number of Topliss-reactive ketones (excluding diaryl/α,β-unsaturated/α-hetero) is 1. The molecule has 2 heterocycles. The highest BCUT2D eigenvalue weighted by atomic mass is 35.5. The molecule has 8 heteroatoms. The van der Waals surface area contributed by atoms with Crippen LogP contribution in [0.15, 0.2) is 72.6 Å². The van der Waals surface area contributed by atoms with Gasteiger partial charge in [0.2, 0.25) is 0 Å². The number of benzene rings is 2. The van der Waals surface area contributed by atoms with E-state index in [-0.39, 0.29) is 27.8 Å². The summed E-state index contributed by atoms with van der Waals surface area (Å²) in [4.78, 5) is 31.3. The zero-order valence-corrected chi connectivity index (χ0v) is 17.8. The number of hydrogen-bond acceptors (Lipinski definition) is 6. The van der Waals surface area contributed by atoms with Gasteiger partial charge in [-0.25, -0.2) is 0 Å². The molecule has 4 rings (SSSR count). The molecule has 0 saturated carbocycles. The summed E-state index contributed by atoms with van der Waals surface area (Å²) in [7, 11) is 0. The van der Waals surface area contributed by atoms with Crippen LogP contribution in [0.25, 0.3) is 5.76 Å². The molecule has 0 aliphatic carbocycles. The number of aromatic hydroxyl groups is 1. The van der Waals surface area contributed by atoms with Crippen LogP contribution in [-0.2, 0) is 9.59 Å². The Kier molecular flexibility index (Phi) is 5.83. The first-order valence-electron chi connectivity index (χ1n) is 9.85. The Hall–Kier alpha value is -3.84. The molecule has 2 aromatic carbocycles. The molecule has 162 valence electrons. The number of halogens is 1. The summed E-state index contributed by atoms with van der Waals surface area (Å²) in [5.74, 6) is -1.72. The number of phenols is 1. The summed E-state index contributed by atoms with van der Waals surface area (Å²) in [6.07, 6.45) is 3.04. The Balaban J connectivity index is 1.91. The fraction of sp³-hybridized carbons (Fsp3) is 0.125. The van der Waals surface area contributed by atoms with Gasteiger partial charge in [-0.3, -0.25) is 19.5 Å². The Labute approximate surface area is 189 Å². The largest absolute Gasteiger partial charge is 0.507 e. The van der Waals surface area contributed by atoms with Crippen molar-refractivity contribution in [1.82, 2.24) is 4.98 Å². The lowest BCUT2D eigenvalue weighted by Crippen LogP contribution is -2.29. The van der Waals surface area contributed by atoms with Crippen molar-refractivity contribution >= 4 is 34.7 Å². The molecule has 0 bridgehead atoms. The molecule has 1 aliphatic heterocycles. The average molecular weight is 451 g/mol. The SMILES string of the molecule is CCOc1ccc(/C(O)=C2\C(=O)C(=O)N(c3cc(Cl)ccc3O)C2c2ccncc2)cc1. The summed E-state index contributed by atoms with van der Waals surface area (Å²) >= 11 is 6.09. The fourth-order valence-electron chi connectivity index (χ4n) is 3.66. The lowest BCUT2D eigenvalue weighted by atomic mass is 9.95. The number of amides is 1. The number of anilines is 1. The maximum Gasteiger partial charge on any atom is 0.300 e. The Morgan fingerprint density at radius 3 is 2.44 bits per heavy atom. The number of ketones is 1. The Morgan fingerprint density at radius 2 is 1.78 bits per heavy atom. The number of carbonyl (C=O) groups is 2. The molecule has 1 amide bonds. The van der Waals surface area contributed by atoms with Crippen LogP contribution in [0.1, 0.15) is 24.1 Å². The van der Waals surface area contributed by atoms with Gasteiger partial charge in [0.05, 0.1) is 23.9 Å². The van der Waals surface area contributed by atoms with Gasteiger partial charge in [-0.1, -0.05) is 11.6 Å². The summed E-state index contributed by atoms with van der Waals surface area (Å²) in [6.45, 7) is 2.34. The minimum Gasteiger partial charge on any atom is -0.507 e. The third-order valence-corrected chi connectivity index (χ3v) is 5.34. The molecule has 1 fully saturated rings. The highest BCUT2D eigenvalue weighted by Crippen LogP contribution is 2.45. The zero-order chi connectivity index (χ0) is 22.8. The van der Waals surface area contributed by atoms with E-state index in [4.69, 9.17) is 16.3 Å². The molecular weight excluding hydrogens is 432 g/mol. The predicted octanol–water partition coefficient (Wildman–Crippen LogP) is 4.47. The van der Waals surface area contributed by atoms with Crippen LogP contribution < -0.4 is 9.64 Å². The number of rotatable bonds is 5. The number of phenolic OH excluding ortho intramolecular Hbond substituents is 1. The Bertz CT molecular complexity index is 1210. The van der Waals surface area contributed by atoms with Crippen LogP contribution in [0.2, 0.25) is 5.02 Å². The van der Waals surface area contributed by atoms with Gasteiger partial charge in [-0.05, 0) is 67.1 Å². The van der Waals surface area contributed by atoms with Gasteiger partial charge in [0.25, 0.3) is 11.7 Å². The van der Waals surface area contributed by atoms with Crippen LogP contribution in [0.4, 0.5) is 5.69 Å². The monoisotopic (exact) mass is 450 g/mol. The van der Waals surface area contributed by atoms with Crippen LogP contribution in [0.5, 0.6) is 11.5 Å². The normalized spacial score (nSPS) is 17.6. The predicted molar refractivity (Wildman–Crippen MR) is 120 cm³/mol. The third kappa shape index (κ3) is 3.78. The van der Waals surface area contributed by atoms with E-state index in [2.05, 4.69) is 4.98 Å². The minimum atomic E-state index is -0.992. The molecule has 1 atom stereocenters. The lowest BCUT2D eigenvalue weighted by molar-refractivity contribution is -0.132. The van der Waals surface area contributed by atoms with Crippen molar-refractivity contribution in [1.29, 1.82) is 0 Å². The summed E-state index contributed by atoms with van der Waals surface area (Å²) < 4.78 is 5.42. The van der Waals surface area contributed by atoms with E-state index in [9.17, 15) is 19.8 Å².